The third kappa shape index (κ3) is 2.83. The molecule has 17 heavy (non-hydrogen) atoms. The molecule has 0 aliphatic heterocycles. The number of carboxylic acid groups (broad SMARTS) is 1. The van der Waals surface area contributed by atoms with Crippen LogP contribution in [-0.4, -0.2) is 27.7 Å². The Labute approximate surface area is 108 Å². The maximum atomic E-state index is 11.7. The molecule has 0 saturated carbocycles. The van der Waals surface area contributed by atoms with E-state index in [2.05, 4.69) is 31.2 Å². The van der Waals surface area contributed by atoms with E-state index in [4.69, 9.17) is 5.11 Å². The van der Waals surface area contributed by atoms with E-state index in [-0.39, 0.29) is 12.1 Å². The third-order valence-electron chi connectivity index (χ3n) is 2.04. The molecule has 0 aliphatic rings. The van der Waals surface area contributed by atoms with Gasteiger partial charge < -0.3 is 15.4 Å². The molecule has 0 saturated heterocycles. The summed E-state index contributed by atoms with van der Waals surface area (Å²) in [4.78, 5) is 28.8. The average molecular weight is 318 g/mol. The number of rotatable bonds is 3. The van der Waals surface area contributed by atoms with Gasteiger partial charge in [-0.3, -0.25) is 4.79 Å². The molecule has 2 heterocycles. The van der Waals surface area contributed by atoms with Gasteiger partial charge >= 0.3 is 6.09 Å². The van der Waals surface area contributed by atoms with Crippen molar-refractivity contribution < 1.29 is 9.90 Å². The van der Waals surface area contributed by atoms with Crippen LogP contribution in [0.25, 0.3) is 10.2 Å². The van der Waals surface area contributed by atoms with Gasteiger partial charge in [-0.1, -0.05) is 0 Å². The van der Waals surface area contributed by atoms with Gasteiger partial charge in [0.25, 0.3) is 5.56 Å². The number of nitrogens with one attached hydrogen (secondary N) is 2. The minimum atomic E-state index is -1.09. The van der Waals surface area contributed by atoms with E-state index in [1.807, 2.05) is 0 Å². The van der Waals surface area contributed by atoms with Gasteiger partial charge in [-0.15, -0.1) is 11.3 Å². The molecule has 2 aromatic heterocycles. The maximum absolute atomic E-state index is 11.7. The van der Waals surface area contributed by atoms with Crippen molar-refractivity contribution in [1.29, 1.82) is 0 Å². The fourth-order valence-electron chi connectivity index (χ4n) is 1.37. The van der Waals surface area contributed by atoms with Crippen LogP contribution in [0.2, 0.25) is 0 Å². The number of fused-ring (bicyclic) bond motifs is 1. The third-order valence-corrected chi connectivity index (χ3v) is 3.67. The second-order valence-corrected chi connectivity index (χ2v) is 5.69. The van der Waals surface area contributed by atoms with Crippen LogP contribution in [0.1, 0.15) is 5.82 Å². The lowest BCUT2D eigenvalue weighted by molar-refractivity contribution is 0.194. The molecule has 0 radical (unpaired) electrons. The first-order valence-corrected chi connectivity index (χ1v) is 6.32. The second kappa shape index (κ2) is 4.84. The van der Waals surface area contributed by atoms with Crippen LogP contribution < -0.4 is 10.9 Å². The fourth-order valence-corrected chi connectivity index (χ4v) is 2.79. The number of aromatic nitrogens is 2. The summed E-state index contributed by atoms with van der Waals surface area (Å²) >= 11 is 4.61. The van der Waals surface area contributed by atoms with Gasteiger partial charge in [-0.05, 0) is 22.0 Å². The number of carbonyl (C=O) groups is 1. The minimum Gasteiger partial charge on any atom is -0.465 e. The lowest BCUT2D eigenvalue weighted by Crippen LogP contribution is -2.24. The number of hydrogen-bond acceptors (Lipinski definition) is 4. The zero-order valence-electron chi connectivity index (χ0n) is 8.49. The Balaban J connectivity index is 2.24. The summed E-state index contributed by atoms with van der Waals surface area (Å²) in [6, 6.07) is 1.77. The molecule has 1 amide bonds. The van der Waals surface area contributed by atoms with Crippen molar-refractivity contribution in [3.8, 4) is 0 Å². The summed E-state index contributed by atoms with van der Waals surface area (Å²) in [5.74, 6) is 0.474. The Morgan fingerprint density at radius 3 is 3.12 bits per heavy atom. The van der Waals surface area contributed by atoms with Gasteiger partial charge in [0.05, 0.1) is 9.30 Å². The Kier molecular flexibility index (Phi) is 3.43. The van der Waals surface area contributed by atoms with Crippen molar-refractivity contribution in [3.63, 3.8) is 0 Å². The van der Waals surface area contributed by atoms with Crippen LogP contribution in [0.5, 0.6) is 0 Å². The number of thiophene rings is 1. The smallest absolute Gasteiger partial charge is 0.404 e. The summed E-state index contributed by atoms with van der Waals surface area (Å²) in [7, 11) is 0. The fraction of sp³-hybridized carbons (Fsp3) is 0.222. The van der Waals surface area contributed by atoms with Gasteiger partial charge in [0.1, 0.15) is 10.5 Å². The van der Waals surface area contributed by atoms with Crippen LogP contribution in [0.3, 0.4) is 0 Å². The normalized spacial score (nSPS) is 10.6. The van der Waals surface area contributed by atoms with E-state index in [1.54, 1.807) is 6.07 Å². The van der Waals surface area contributed by atoms with Crippen molar-refractivity contribution >= 4 is 43.6 Å². The number of halogens is 1. The molecule has 0 fully saturated rings. The lowest BCUT2D eigenvalue weighted by Gasteiger charge is -2.00. The molecule has 0 unspecified atom stereocenters. The zero-order chi connectivity index (χ0) is 12.4. The number of H-pyrrole nitrogens is 1. The minimum absolute atomic E-state index is 0.198. The molecule has 6 nitrogen and oxygen atoms in total. The van der Waals surface area contributed by atoms with Gasteiger partial charge in [0, 0.05) is 13.0 Å². The molecule has 0 aliphatic carbocycles. The standard InChI is InChI=1S/C9H8BrN3O3S/c10-5-3-4-7(17-5)8(14)13-6(12-4)1-2-11-9(15)16/h3,11H,1-2H2,(H,15,16)(H,12,13,14). The topological polar surface area (TPSA) is 95.1 Å². The van der Waals surface area contributed by atoms with Crippen molar-refractivity contribution in [1.82, 2.24) is 15.3 Å². The maximum Gasteiger partial charge on any atom is 0.404 e. The highest BCUT2D eigenvalue weighted by Gasteiger charge is 2.07. The molecular formula is C9H8BrN3O3S. The highest BCUT2D eigenvalue weighted by atomic mass is 79.9. The molecule has 3 N–H and O–H groups in total. The Morgan fingerprint density at radius 2 is 2.41 bits per heavy atom. The number of aromatic amines is 1. The van der Waals surface area contributed by atoms with Crippen molar-refractivity contribution in [2.75, 3.05) is 6.54 Å². The summed E-state index contributed by atoms with van der Waals surface area (Å²) in [6.07, 6.45) is -0.739. The quantitative estimate of drug-likeness (QED) is 0.800. The largest absolute Gasteiger partial charge is 0.465 e. The summed E-state index contributed by atoms with van der Waals surface area (Å²) in [5, 5.41) is 10.6. The first-order chi connectivity index (χ1) is 8.06. The monoisotopic (exact) mass is 317 g/mol. The predicted molar refractivity (Wildman–Crippen MR) is 67.7 cm³/mol. The first-order valence-electron chi connectivity index (χ1n) is 4.71. The molecule has 0 aromatic carbocycles. The summed E-state index contributed by atoms with van der Waals surface area (Å²) < 4.78 is 1.40. The van der Waals surface area contributed by atoms with E-state index in [1.165, 1.54) is 11.3 Å². The van der Waals surface area contributed by atoms with Gasteiger partial charge in [-0.2, -0.15) is 0 Å². The molecule has 2 rings (SSSR count). The van der Waals surface area contributed by atoms with E-state index < -0.39 is 6.09 Å². The summed E-state index contributed by atoms with van der Waals surface area (Å²) in [5.41, 5.74) is 0.423. The number of nitrogens with zero attached hydrogens (tertiary/aromatic N) is 1. The highest BCUT2D eigenvalue weighted by Crippen LogP contribution is 2.25. The van der Waals surface area contributed by atoms with Crippen molar-refractivity contribution in [3.05, 3.63) is 26.0 Å². The molecular weight excluding hydrogens is 310 g/mol. The number of hydrogen-bond donors (Lipinski definition) is 3. The molecule has 0 spiro atoms. The van der Waals surface area contributed by atoms with Crippen LogP contribution in [0.4, 0.5) is 4.79 Å². The summed E-state index contributed by atoms with van der Waals surface area (Å²) in [6.45, 7) is 0.217. The Bertz CT molecular complexity index is 621. The lowest BCUT2D eigenvalue weighted by atomic mass is 10.3. The molecule has 8 heteroatoms. The van der Waals surface area contributed by atoms with E-state index in [0.717, 1.165) is 3.79 Å². The van der Waals surface area contributed by atoms with E-state index in [9.17, 15) is 9.59 Å². The molecule has 0 bridgehead atoms. The second-order valence-electron chi connectivity index (χ2n) is 3.26. The SMILES string of the molecule is O=C(O)NCCc1nc2cc(Br)sc2c(=O)[nH]1. The molecule has 90 valence electrons. The van der Waals surface area contributed by atoms with Gasteiger partial charge in [0.2, 0.25) is 0 Å². The van der Waals surface area contributed by atoms with Gasteiger partial charge in [-0.25, -0.2) is 9.78 Å². The Hall–Kier alpha value is -1.41. The predicted octanol–water partition coefficient (Wildman–Crippen LogP) is 1.56. The van der Waals surface area contributed by atoms with E-state index in [0.29, 0.717) is 22.5 Å². The van der Waals surface area contributed by atoms with Crippen LogP contribution in [0, 0.1) is 0 Å². The average Bonchev–Trinajstić information content (AvgIpc) is 2.58. The van der Waals surface area contributed by atoms with Crippen LogP contribution in [-0.2, 0) is 6.42 Å². The zero-order valence-corrected chi connectivity index (χ0v) is 10.9. The first kappa shape index (κ1) is 12.1. The highest BCUT2D eigenvalue weighted by molar-refractivity contribution is 9.11. The van der Waals surface area contributed by atoms with Crippen molar-refractivity contribution in [2.24, 2.45) is 0 Å². The molecule has 0 atom stereocenters. The van der Waals surface area contributed by atoms with Crippen LogP contribution in [0.15, 0.2) is 14.6 Å². The van der Waals surface area contributed by atoms with Gasteiger partial charge in [0.15, 0.2) is 0 Å². The molecule has 2 aromatic rings. The van der Waals surface area contributed by atoms with Crippen LogP contribution >= 0.6 is 27.3 Å². The van der Waals surface area contributed by atoms with Crippen molar-refractivity contribution in [2.45, 2.75) is 6.42 Å². The number of amides is 1. The Morgan fingerprint density at radius 1 is 1.65 bits per heavy atom. The van der Waals surface area contributed by atoms with E-state index >= 15 is 0 Å².